The van der Waals surface area contributed by atoms with Crippen LogP contribution in [0.5, 0.6) is 0 Å². The Morgan fingerprint density at radius 3 is 2.74 bits per heavy atom. The van der Waals surface area contributed by atoms with E-state index in [2.05, 4.69) is 5.10 Å². The summed E-state index contributed by atoms with van der Waals surface area (Å²) in [7, 11) is 0. The van der Waals surface area contributed by atoms with Gasteiger partial charge in [0.15, 0.2) is 0 Å². The Balaban J connectivity index is 2.36. The quantitative estimate of drug-likeness (QED) is 0.481. The predicted molar refractivity (Wildman–Crippen MR) is 71.1 cm³/mol. The number of Topliss-reactive ketones (excluding diaryl/α,β-unsaturated/α-hetero) is 1. The number of hydrogen-bond donors (Lipinski definition) is 0. The topological polar surface area (TPSA) is 61.2 Å². The number of hydrogen-bond acceptors (Lipinski definition) is 4. The second-order valence-electron chi connectivity index (χ2n) is 4.53. The van der Waals surface area contributed by atoms with Crippen molar-refractivity contribution >= 4 is 22.7 Å². The van der Waals surface area contributed by atoms with Crippen LogP contribution in [0.25, 0.3) is 10.9 Å². The lowest BCUT2D eigenvalue weighted by atomic mass is 10.1. The van der Waals surface area contributed by atoms with Crippen LogP contribution >= 0.6 is 0 Å². The molecule has 0 aliphatic heterocycles. The van der Waals surface area contributed by atoms with E-state index < -0.39 is 11.8 Å². The van der Waals surface area contributed by atoms with Crippen molar-refractivity contribution in [2.45, 2.75) is 26.8 Å². The van der Waals surface area contributed by atoms with Gasteiger partial charge in [0.1, 0.15) is 0 Å². The summed E-state index contributed by atoms with van der Waals surface area (Å²) in [5.41, 5.74) is 1.13. The second-order valence-corrected chi connectivity index (χ2v) is 4.53. The highest BCUT2D eigenvalue weighted by Gasteiger charge is 2.18. The summed E-state index contributed by atoms with van der Waals surface area (Å²) in [4.78, 5) is 23.2. The van der Waals surface area contributed by atoms with Gasteiger partial charge in [0.05, 0.1) is 12.1 Å². The van der Waals surface area contributed by atoms with Crippen molar-refractivity contribution < 1.29 is 14.3 Å². The van der Waals surface area contributed by atoms with Gasteiger partial charge in [-0.05, 0) is 39.0 Å². The SMILES string of the molecule is CCOC(=O)C(=O)c1ccc2nn(C(C)C)cc2c1. The van der Waals surface area contributed by atoms with Crippen molar-refractivity contribution in [3.05, 3.63) is 30.0 Å². The lowest BCUT2D eigenvalue weighted by molar-refractivity contribution is -0.137. The molecule has 2 aromatic rings. The Labute approximate surface area is 111 Å². The van der Waals surface area contributed by atoms with Gasteiger partial charge in [-0.25, -0.2) is 4.79 Å². The maximum Gasteiger partial charge on any atom is 0.379 e. The van der Waals surface area contributed by atoms with Crippen LogP contribution in [-0.4, -0.2) is 28.1 Å². The van der Waals surface area contributed by atoms with Gasteiger partial charge in [-0.2, -0.15) is 5.10 Å². The first-order chi connectivity index (χ1) is 9.02. The molecular weight excluding hydrogens is 244 g/mol. The largest absolute Gasteiger partial charge is 0.460 e. The molecule has 1 aromatic carbocycles. The van der Waals surface area contributed by atoms with Gasteiger partial charge >= 0.3 is 5.97 Å². The number of carbonyl (C=O) groups is 2. The first kappa shape index (κ1) is 13.3. The van der Waals surface area contributed by atoms with E-state index in [1.807, 2.05) is 24.7 Å². The first-order valence-corrected chi connectivity index (χ1v) is 6.23. The first-order valence-electron chi connectivity index (χ1n) is 6.23. The van der Waals surface area contributed by atoms with Gasteiger partial charge in [-0.15, -0.1) is 0 Å². The van der Waals surface area contributed by atoms with Crippen molar-refractivity contribution in [3.8, 4) is 0 Å². The van der Waals surface area contributed by atoms with Gasteiger partial charge in [-0.3, -0.25) is 9.48 Å². The molecule has 0 N–H and O–H groups in total. The summed E-state index contributed by atoms with van der Waals surface area (Å²) in [5.74, 6) is -1.45. The molecule has 5 nitrogen and oxygen atoms in total. The number of nitrogens with zero attached hydrogens (tertiary/aromatic N) is 2. The highest BCUT2D eigenvalue weighted by molar-refractivity contribution is 6.40. The van der Waals surface area contributed by atoms with Gasteiger partial charge in [-0.1, -0.05) is 0 Å². The predicted octanol–water partition coefficient (Wildman–Crippen LogP) is 2.36. The van der Waals surface area contributed by atoms with Crippen LogP contribution in [-0.2, 0) is 9.53 Å². The molecule has 1 aromatic heterocycles. The number of benzene rings is 1. The van der Waals surface area contributed by atoms with E-state index in [-0.39, 0.29) is 12.6 Å². The second kappa shape index (κ2) is 5.22. The van der Waals surface area contributed by atoms with Crippen molar-refractivity contribution in [2.75, 3.05) is 6.61 Å². The average Bonchev–Trinajstić information content (AvgIpc) is 2.81. The summed E-state index contributed by atoms with van der Waals surface area (Å²) >= 11 is 0. The van der Waals surface area contributed by atoms with Crippen LogP contribution in [0, 0.1) is 0 Å². The maximum atomic E-state index is 11.8. The monoisotopic (exact) mass is 260 g/mol. The fraction of sp³-hybridized carbons (Fsp3) is 0.357. The molecule has 0 bridgehead atoms. The Hall–Kier alpha value is -2.17. The fourth-order valence-electron chi connectivity index (χ4n) is 1.77. The third-order valence-corrected chi connectivity index (χ3v) is 2.77. The Bertz CT molecular complexity index is 629. The molecule has 1 heterocycles. The summed E-state index contributed by atoms with van der Waals surface area (Å²) in [6, 6.07) is 5.25. The number of esters is 1. The Morgan fingerprint density at radius 1 is 1.37 bits per heavy atom. The molecule has 0 atom stereocenters. The van der Waals surface area contributed by atoms with Crippen molar-refractivity contribution in [1.82, 2.24) is 9.78 Å². The number of fused-ring (bicyclic) bond motifs is 1. The van der Waals surface area contributed by atoms with Crippen molar-refractivity contribution in [2.24, 2.45) is 0 Å². The van der Waals surface area contributed by atoms with E-state index in [1.165, 1.54) is 0 Å². The minimum absolute atomic E-state index is 0.193. The molecule has 0 amide bonds. The minimum atomic E-state index is -0.821. The van der Waals surface area contributed by atoms with Crippen LogP contribution in [0.2, 0.25) is 0 Å². The van der Waals surface area contributed by atoms with E-state index >= 15 is 0 Å². The van der Waals surface area contributed by atoms with Crippen LogP contribution < -0.4 is 0 Å². The normalized spacial score (nSPS) is 10.9. The van der Waals surface area contributed by atoms with Crippen LogP contribution in [0.3, 0.4) is 0 Å². The molecule has 5 heteroatoms. The number of aromatic nitrogens is 2. The molecule has 0 saturated heterocycles. The molecule has 19 heavy (non-hydrogen) atoms. The molecule has 0 fully saturated rings. The van der Waals surface area contributed by atoms with E-state index in [4.69, 9.17) is 4.74 Å². The molecule has 0 unspecified atom stereocenters. The van der Waals surface area contributed by atoms with Crippen LogP contribution in [0.1, 0.15) is 37.2 Å². The third kappa shape index (κ3) is 2.65. The third-order valence-electron chi connectivity index (χ3n) is 2.77. The lowest BCUT2D eigenvalue weighted by Gasteiger charge is -2.02. The number of rotatable bonds is 4. The average molecular weight is 260 g/mol. The van der Waals surface area contributed by atoms with Crippen molar-refractivity contribution in [1.29, 1.82) is 0 Å². The van der Waals surface area contributed by atoms with Gasteiger partial charge in [0.25, 0.3) is 5.78 Å². The number of carbonyl (C=O) groups excluding carboxylic acids is 2. The fourth-order valence-corrected chi connectivity index (χ4v) is 1.77. The van der Waals surface area contributed by atoms with Crippen LogP contribution in [0.4, 0.5) is 0 Å². The molecule has 0 radical (unpaired) electrons. The molecule has 2 rings (SSSR count). The standard InChI is InChI=1S/C14H16N2O3/c1-4-19-14(18)13(17)10-5-6-12-11(7-10)8-16(15-12)9(2)3/h5-9H,4H2,1-3H3. The molecule has 100 valence electrons. The van der Waals surface area contributed by atoms with E-state index in [0.29, 0.717) is 5.56 Å². The smallest absolute Gasteiger partial charge is 0.379 e. The molecule has 0 saturated carbocycles. The summed E-state index contributed by atoms with van der Waals surface area (Å²) in [6.45, 7) is 5.91. The zero-order valence-corrected chi connectivity index (χ0v) is 11.2. The highest BCUT2D eigenvalue weighted by Crippen LogP contribution is 2.17. The van der Waals surface area contributed by atoms with Gasteiger partial charge in [0, 0.05) is 23.2 Å². The van der Waals surface area contributed by atoms with Crippen molar-refractivity contribution in [3.63, 3.8) is 0 Å². The molecule has 0 aliphatic rings. The molecule has 0 spiro atoms. The Morgan fingerprint density at radius 2 is 2.11 bits per heavy atom. The number of ether oxygens (including phenoxy) is 1. The minimum Gasteiger partial charge on any atom is -0.460 e. The zero-order chi connectivity index (χ0) is 14.0. The summed E-state index contributed by atoms with van der Waals surface area (Å²) in [6.07, 6.45) is 1.86. The van der Waals surface area contributed by atoms with E-state index in [9.17, 15) is 9.59 Å². The van der Waals surface area contributed by atoms with Gasteiger partial charge < -0.3 is 4.74 Å². The highest BCUT2D eigenvalue weighted by atomic mass is 16.5. The lowest BCUT2D eigenvalue weighted by Crippen LogP contribution is -2.17. The van der Waals surface area contributed by atoms with E-state index in [0.717, 1.165) is 10.9 Å². The maximum absolute atomic E-state index is 11.8. The molecule has 0 aliphatic carbocycles. The zero-order valence-electron chi connectivity index (χ0n) is 11.2. The van der Waals surface area contributed by atoms with Crippen LogP contribution in [0.15, 0.2) is 24.4 Å². The Kier molecular flexibility index (Phi) is 3.64. The molecular formula is C14H16N2O3. The van der Waals surface area contributed by atoms with Gasteiger partial charge in [0.2, 0.25) is 0 Å². The van der Waals surface area contributed by atoms with E-state index in [1.54, 1.807) is 25.1 Å². The summed E-state index contributed by atoms with van der Waals surface area (Å²) in [5, 5.41) is 5.22. The summed E-state index contributed by atoms with van der Waals surface area (Å²) < 4.78 is 6.53. The number of ketones is 1.